The van der Waals surface area contributed by atoms with E-state index in [-0.39, 0.29) is 11.1 Å². The smallest absolute Gasteiger partial charge is 0.169 e. The van der Waals surface area contributed by atoms with E-state index in [1.165, 1.54) is 0 Å². The second kappa shape index (κ2) is 6.71. The fourth-order valence-corrected chi connectivity index (χ4v) is 4.97. The van der Waals surface area contributed by atoms with E-state index in [0.29, 0.717) is 0 Å². The summed E-state index contributed by atoms with van der Waals surface area (Å²) in [5.74, 6) is 0. The lowest BCUT2D eigenvalue weighted by atomic mass is 10.1. The third kappa shape index (κ3) is 3.71. The highest BCUT2D eigenvalue weighted by Crippen LogP contribution is 2.36. The van der Waals surface area contributed by atoms with Gasteiger partial charge in [-0.3, -0.25) is 0 Å². The Bertz CT molecular complexity index is 990. The Balaban J connectivity index is 1.61. The Hall–Kier alpha value is -2.18. The maximum atomic E-state index is 4.84. The van der Waals surface area contributed by atoms with Crippen molar-refractivity contribution in [1.82, 2.24) is 9.97 Å². The molecule has 0 aliphatic rings. The highest BCUT2D eigenvalue weighted by atomic mass is 32.1. The first-order valence-electron chi connectivity index (χ1n) is 9.43. The number of pyridine rings is 2. The van der Waals surface area contributed by atoms with Gasteiger partial charge in [0.15, 0.2) is 45.5 Å². The van der Waals surface area contributed by atoms with Gasteiger partial charge in [-0.15, -0.1) is 0 Å². The van der Waals surface area contributed by atoms with Crippen molar-refractivity contribution in [2.45, 2.75) is 52.6 Å². The largest absolute Gasteiger partial charge is 0.223 e. The van der Waals surface area contributed by atoms with Crippen molar-refractivity contribution in [3.63, 3.8) is 0 Å². The van der Waals surface area contributed by atoms with E-state index in [1.54, 1.807) is 22.7 Å². The van der Waals surface area contributed by atoms with Crippen molar-refractivity contribution in [2.24, 2.45) is 0 Å². The first kappa shape index (κ1) is 19.2. The number of aromatic nitrogens is 4. The molecule has 0 bridgehead atoms. The number of thiazole rings is 2. The number of hydrogen-bond acceptors (Lipinski definition) is 4. The number of hydrogen-bond donors (Lipinski definition) is 0. The van der Waals surface area contributed by atoms with Gasteiger partial charge in [-0.05, 0) is 0 Å². The van der Waals surface area contributed by atoms with Crippen LogP contribution in [0.3, 0.4) is 0 Å². The molecule has 144 valence electrons. The molecule has 4 rings (SSSR count). The number of nitrogens with zero attached hydrogens (tertiary/aromatic N) is 4. The second-order valence-electron chi connectivity index (χ2n) is 8.98. The molecule has 4 nitrogen and oxygen atoms in total. The average Bonchev–Trinajstić information content (AvgIpc) is 3.19. The first-order valence-corrected chi connectivity index (χ1v) is 11.1. The lowest BCUT2D eigenvalue weighted by Crippen LogP contribution is -2.49. The van der Waals surface area contributed by atoms with Crippen LogP contribution in [-0.2, 0) is 11.1 Å². The van der Waals surface area contributed by atoms with Gasteiger partial charge in [0.05, 0.1) is 0 Å². The van der Waals surface area contributed by atoms with E-state index in [9.17, 15) is 0 Å². The van der Waals surface area contributed by atoms with E-state index >= 15 is 0 Å². The minimum Gasteiger partial charge on any atom is -0.223 e. The highest BCUT2D eigenvalue weighted by molar-refractivity contribution is 7.29. The molecule has 0 aromatic carbocycles. The summed E-state index contributed by atoms with van der Waals surface area (Å²) in [5, 5.41) is 2.06. The molecule has 0 saturated heterocycles. The molecule has 0 aliphatic heterocycles. The molecule has 0 saturated carbocycles. The third-order valence-corrected chi connectivity index (χ3v) is 6.80. The molecule has 0 spiro atoms. The molecule has 4 aromatic rings. The van der Waals surface area contributed by atoms with Gasteiger partial charge >= 0.3 is 0 Å². The zero-order valence-electron chi connectivity index (χ0n) is 17.2. The van der Waals surface area contributed by atoms with E-state index in [1.807, 2.05) is 0 Å². The topological polar surface area (TPSA) is 33.5 Å². The summed E-state index contributed by atoms with van der Waals surface area (Å²) >= 11 is 3.32. The Kier molecular flexibility index (Phi) is 4.59. The lowest BCUT2D eigenvalue weighted by molar-refractivity contribution is -0.754. The van der Waals surface area contributed by atoms with Crippen molar-refractivity contribution in [2.75, 3.05) is 0 Å². The SMILES string of the molecule is CC(C)(C)[n+]1ccc(-c2nc3sc(-c4cc[n+](C(C)(C)C)cc4)nc3s2)cc1. The molecular formula is C22H26N4S2+2. The van der Waals surface area contributed by atoms with Crippen LogP contribution in [0.4, 0.5) is 0 Å². The lowest BCUT2D eigenvalue weighted by Gasteiger charge is -2.12. The van der Waals surface area contributed by atoms with Crippen LogP contribution in [0, 0.1) is 0 Å². The molecule has 28 heavy (non-hydrogen) atoms. The molecular weight excluding hydrogens is 384 g/mol. The van der Waals surface area contributed by atoms with Gasteiger partial charge in [-0.2, -0.15) is 0 Å². The Labute approximate surface area is 174 Å². The van der Waals surface area contributed by atoms with E-state index in [4.69, 9.17) is 9.97 Å². The molecule has 6 heteroatoms. The molecule has 4 aromatic heterocycles. The quantitative estimate of drug-likeness (QED) is 0.427. The van der Waals surface area contributed by atoms with Crippen LogP contribution in [0.2, 0.25) is 0 Å². The number of rotatable bonds is 2. The van der Waals surface area contributed by atoms with Crippen molar-refractivity contribution in [1.29, 1.82) is 0 Å². The number of fused-ring (bicyclic) bond motifs is 1. The molecule has 0 N–H and O–H groups in total. The summed E-state index contributed by atoms with van der Waals surface area (Å²) < 4.78 is 4.42. The van der Waals surface area contributed by atoms with Gasteiger partial charge < -0.3 is 0 Å². The summed E-state index contributed by atoms with van der Waals surface area (Å²) in [5.41, 5.74) is 2.45. The summed E-state index contributed by atoms with van der Waals surface area (Å²) in [7, 11) is 0. The summed E-state index contributed by atoms with van der Waals surface area (Å²) in [6, 6.07) is 8.54. The van der Waals surface area contributed by atoms with Gasteiger partial charge in [0.1, 0.15) is 10.0 Å². The molecule has 0 radical (unpaired) electrons. The predicted octanol–water partition coefficient (Wildman–Crippen LogP) is 5.17. The van der Waals surface area contributed by atoms with Crippen LogP contribution in [0.25, 0.3) is 30.8 Å². The minimum atomic E-state index is 0.0824. The van der Waals surface area contributed by atoms with Crippen LogP contribution in [-0.4, -0.2) is 9.97 Å². The molecule has 0 amide bonds. The minimum absolute atomic E-state index is 0.0824. The van der Waals surface area contributed by atoms with Crippen molar-refractivity contribution < 1.29 is 9.13 Å². The van der Waals surface area contributed by atoms with Crippen LogP contribution < -0.4 is 9.13 Å². The third-order valence-electron chi connectivity index (χ3n) is 4.68. The second-order valence-corrected chi connectivity index (χ2v) is 10.9. The van der Waals surface area contributed by atoms with Crippen LogP contribution in [0.1, 0.15) is 41.5 Å². The van der Waals surface area contributed by atoms with Crippen molar-refractivity contribution >= 4 is 32.3 Å². The van der Waals surface area contributed by atoms with Gasteiger partial charge in [0.25, 0.3) is 0 Å². The van der Waals surface area contributed by atoms with Gasteiger partial charge in [-0.25, -0.2) is 19.1 Å². The summed E-state index contributed by atoms with van der Waals surface area (Å²) in [4.78, 5) is 11.7. The fraction of sp³-hybridized carbons (Fsp3) is 0.364. The predicted molar refractivity (Wildman–Crippen MR) is 117 cm³/mol. The standard InChI is InChI=1S/C22H26N4S2/c1-21(2,3)25-11-7-15(8-12-25)17-23-19-20(27-17)24-18(28-19)16-9-13-26(14-10-16)22(4,5)6/h7-14H,1-6H3/q+2. The van der Waals surface area contributed by atoms with Crippen molar-refractivity contribution in [3.05, 3.63) is 49.1 Å². The molecule has 4 heterocycles. The first-order chi connectivity index (χ1) is 13.1. The Morgan fingerprint density at radius 1 is 0.607 bits per heavy atom. The fourth-order valence-electron chi connectivity index (χ4n) is 2.92. The van der Waals surface area contributed by atoms with Crippen LogP contribution in [0.5, 0.6) is 0 Å². The molecule has 0 aliphatic carbocycles. The average molecular weight is 411 g/mol. The summed E-state index contributed by atoms with van der Waals surface area (Å²) in [6.45, 7) is 13.2. The van der Waals surface area contributed by atoms with Crippen molar-refractivity contribution in [3.8, 4) is 21.1 Å². The van der Waals surface area contributed by atoms with E-state index in [2.05, 4.69) is 99.7 Å². The summed E-state index contributed by atoms with van der Waals surface area (Å²) in [6.07, 6.45) is 8.49. The zero-order chi connectivity index (χ0) is 20.1. The molecule has 0 atom stereocenters. The van der Waals surface area contributed by atoms with Gasteiger partial charge in [0.2, 0.25) is 0 Å². The Morgan fingerprint density at radius 2 is 0.929 bits per heavy atom. The highest BCUT2D eigenvalue weighted by Gasteiger charge is 2.22. The van der Waals surface area contributed by atoms with Crippen LogP contribution in [0.15, 0.2) is 49.1 Å². The van der Waals surface area contributed by atoms with Gasteiger partial charge in [-0.1, -0.05) is 22.7 Å². The van der Waals surface area contributed by atoms with Gasteiger partial charge in [0, 0.05) is 76.9 Å². The van der Waals surface area contributed by atoms with E-state index in [0.717, 1.165) is 30.8 Å². The van der Waals surface area contributed by atoms with E-state index < -0.39 is 0 Å². The normalized spacial score (nSPS) is 12.6. The maximum absolute atomic E-state index is 4.84. The monoisotopic (exact) mass is 410 g/mol. The molecule has 0 fully saturated rings. The zero-order valence-corrected chi connectivity index (χ0v) is 18.9. The van der Waals surface area contributed by atoms with Crippen LogP contribution >= 0.6 is 22.7 Å². The molecule has 0 unspecified atom stereocenters. The maximum Gasteiger partial charge on any atom is 0.169 e. The Morgan fingerprint density at radius 3 is 1.21 bits per heavy atom.